The largest absolute Gasteiger partial charge is 0.330 e. The lowest BCUT2D eigenvalue weighted by atomic mass is 10.2. The molecule has 0 atom stereocenters. The molecule has 0 unspecified atom stereocenters. The fourth-order valence-corrected chi connectivity index (χ4v) is 2.07. The van der Waals surface area contributed by atoms with Crippen LogP contribution < -0.4 is 10.6 Å². The predicted octanol–water partition coefficient (Wildman–Crippen LogP) is 2.43. The minimum atomic E-state index is -0.368. The van der Waals surface area contributed by atoms with Crippen molar-refractivity contribution in [2.24, 2.45) is 0 Å². The maximum atomic E-state index is 13.0. The molecule has 3 rings (SSSR count). The van der Waals surface area contributed by atoms with Crippen LogP contribution in [0.4, 0.5) is 14.9 Å². The Labute approximate surface area is 137 Å². The molecule has 0 radical (unpaired) electrons. The average molecular weight is 326 g/mol. The third-order valence-corrected chi connectivity index (χ3v) is 3.32. The summed E-state index contributed by atoms with van der Waals surface area (Å²) in [6.07, 6.45) is 0. The minimum absolute atomic E-state index is 0.127. The lowest BCUT2D eigenvalue weighted by Gasteiger charge is -2.08. The number of nitrogens with one attached hydrogen (secondary N) is 2. The molecule has 2 N–H and O–H groups in total. The topological polar surface area (TPSA) is 84.7 Å². The number of hydrogen-bond acceptors (Lipinski definition) is 4. The summed E-state index contributed by atoms with van der Waals surface area (Å²) in [4.78, 5) is 11.9. The first-order valence-electron chi connectivity index (χ1n) is 7.26. The van der Waals surface area contributed by atoms with Crippen LogP contribution in [0.15, 0.2) is 48.5 Å². The van der Waals surface area contributed by atoms with E-state index < -0.39 is 0 Å². The van der Waals surface area contributed by atoms with Crippen molar-refractivity contribution >= 4 is 11.7 Å². The first-order chi connectivity index (χ1) is 11.6. The Bertz CT molecular complexity index is 829. The molecule has 0 saturated heterocycles. The number of amides is 2. The van der Waals surface area contributed by atoms with Gasteiger partial charge in [0.1, 0.15) is 5.82 Å². The number of carbonyl (C=O) groups excluding carboxylic acids is 1. The molecule has 1 aromatic heterocycles. The number of hydrogen-bond donors (Lipinski definition) is 2. The molecule has 0 aliphatic carbocycles. The van der Waals surface area contributed by atoms with Crippen molar-refractivity contribution < 1.29 is 9.18 Å². The monoisotopic (exact) mass is 326 g/mol. The van der Waals surface area contributed by atoms with Gasteiger partial charge >= 0.3 is 6.03 Å². The summed E-state index contributed by atoms with van der Waals surface area (Å²) in [5.41, 5.74) is 2.41. The van der Waals surface area contributed by atoms with Crippen LogP contribution in [0.1, 0.15) is 11.4 Å². The van der Waals surface area contributed by atoms with Gasteiger partial charge in [0.15, 0.2) is 5.82 Å². The molecular weight excluding hydrogens is 311 g/mol. The summed E-state index contributed by atoms with van der Waals surface area (Å²) in [5.74, 6) is 0.0876. The second-order valence-electron chi connectivity index (χ2n) is 5.16. The Balaban J connectivity index is 1.63. The van der Waals surface area contributed by atoms with E-state index in [1.807, 2.05) is 31.2 Å². The van der Waals surface area contributed by atoms with Gasteiger partial charge < -0.3 is 10.6 Å². The molecule has 0 fully saturated rings. The van der Waals surface area contributed by atoms with Crippen molar-refractivity contribution in [3.05, 3.63) is 65.7 Å². The van der Waals surface area contributed by atoms with Crippen LogP contribution in [-0.4, -0.2) is 26.2 Å². The van der Waals surface area contributed by atoms with Gasteiger partial charge in [-0.3, -0.25) is 0 Å². The van der Waals surface area contributed by atoms with Crippen LogP contribution in [-0.2, 0) is 6.54 Å². The van der Waals surface area contributed by atoms with E-state index >= 15 is 0 Å². The van der Waals surface area contributed by atoms with E-state index in [1.54, 1.807) is 12.1 Å². The average Bonchev–Trinajstić information content (AvgIpc) is 3.04. The molecule has 0 bridgehead atoms. The highest BCUT2D eigenvalue weighted by molar-refractivity contribution is 5.89. The maximum absolute atomic E-state index is 13.0. The van der Waals surface area contributed by atoms with Crippen molar-refractivity contribution in [3.63, 3.8) is 0 Å². The summed E-state index contributed by atoms with van der Waals surface area (Å²) in [6.45, 7) is 2.10. The summed E-state index contributed by atoms with van der Waals surface area (Å²) < 4.78 is 14.4. The fraction of sp³-hybridized carbons (Fsp3) is 0.125. The first kappa shape index (κ1) is 15.6. The second kappa shape index (κ2) is 6.86. The summed E-state index contributed by atoms with van der Waals surface area (Å²) >= 11 is 0. The number of halogens is 1. The normalized spacial score (nSPS) is 10.4. The molecule has 0 aliphatic rings. The molecule has 0 aliphatic heterocycles. The molecule has 8 heteroatoms. The van der Waals surface area contributed by atoms with E-state index in [-0.39, 0.29) is 18.4 Å². The van der Waals surface area contributed by atoms with E-state index in [0.717, 1.165) is 5.56 Å². The highest BCUT2D eigenvalue weighted by atomic mass is 19.1. The lowest BCUT2D eigenvalue weighted by molar-refractivity contribution is 0.251. The second-order valence-corrected chi connectivity index (χ2v) is 5.16. The Morgan fingerprint density at radius 1 is 1.12 bits per heavy atom. The van der Waals surface area contributed by atoms with Gasteiger partial charge in [0.25, 0.3) is 0 Å². The molecule has 3 aromatic rings. The third-order valence-electron chi connectivity index (χ3n) is 3.32. The van der Waals surface area contributed by atoms with Crippen LogP contribution in [0.5, 0.6) is 0 Å². The number of benzene rings is 2. The molecule has 1 heterocycles. The lowest BCUT2D eigenvalue weighted by Crippen LogP contribution is -2.29. The molecule has 2 aromatic carbocycles. The van der Waals surface area contributed by atoms with E-state index in [9.17, 15) is 9.18 Å². The van der Waals surface area contributed by atoms with E-state index in [2.05, 4.69) is 26.2 Å². The molecule has 122 valence electrons. The van der Waals surface area contributed by atoms with Crippen LogP contribution in [0, 0.1) is 12.7 Å². The fourth-order valence-electron chi connectivity index (χ4n) is 2.07. The van der Waals surface area contributed by atoms with Crippen molar-refractivity contribution in [2.45, 2.75) is 13.5 Å². The number of carbonyl (C=O) groups is 1. The van der Waals surface area contributed by atoms with Gasteiger partial charge in [-0.15, -0.1) is 5.10 Å². The van der Waals surface area contributed by atoms with Gasteiger partial charge in [-0.1, -0.05) is 17.7 Å². The summed E-state index contributed by atoms with van der Waals surface area (Å²) in [7, 11) is 0. The van der Waals surface area contributed by atoms with E-state index in [0.29, 0.717) is 17.2 Å². The van der Waals surface area contributed by atoms with Gasteiger partial charge in [0.2, 0.25) is 0 Å². The molecular formula is C16H15FN6O. The van der Waals surface area contributed by atoms with Crippen LogP contribution in [0.3, 0.4) is 0 Å². The smallest absolute Gasteiger partial charge is 0.319 e. The standard InChI is InChI=1S/C16H15FN6O/c1-11-2-6-13(7-3-11)19-16(24)18-10-15-20-21-22-23(15)14-8-4-12(17)5-9-14/h2-9H,10H2,1H3,(H2,18,19,24). The van der Waals surface area contributed by atoms with E-state index in [1.165, 1.54) is 16.8 Å². The molecule has 0 spiro atoms. The van der Waals surface area contributed by atoms with Crippen molar-refractivity contribution in [1.82, 2.24) is 25.5 Å². The number of nitrogens with zero attached hydrogens (tertiary/aromatic N) is 4. The Kier molecular flexibility index (Phi) is 4.46. The van der Waals surface area contributed by atoms with Crippen LogP contribution in [0.2, 0.25) is 0 Å². The van der Waals surface area contributed by atoms with E-state index in [4.69, 9.17) is 0 Å². The maximum Gasteiger partial charge on any atom is 0.319 e. The number of aryl methyl sites for hydroxylation is 1. The summed E-state index contributed by atoms with van der Waals surface area (Å²) in [5, 5.41) is 16.7. The van der Waals surface area contributed by atoms with Gasteiger partial charge in [0.05, 0.1) is 12.2 Å². The number of tetrazole rings is 1. The Hall–Kier alpha value is -3.29. The molecule has 2 amide bonds. The highest BCUT2D eigenvalue weighted by Crippen LogP contribution is 2.10. The highest BCUT2D eigenvalue weighted by Gasteiger charge is 2.10. The summed E-state index contributed by atoms with van der Waals surface area (Å²) in [6, 6.07) is 12.8. The Morgan fingerprint density at radius 3 is 2.54 bits per heavy atom. The molecule has 0 saturated carbocycles. The molecule has 7 nitrogen and oxygen atoms in total. The van der Waals surface area contributed by atoms with Crippen molar-refractivity contribution in [1.29, 1.82) is 0 Å². The van der Waals surface area contributed by atoms with Gasteiger partial charge in [-0.25, -0.2) is 9.18 Å². The number of rotatable bonds is 4. The van der Waals surface area contributed by atoms with Gasteiger partial charge in [-0.2, -0.15) is 4.68 Å². The molecule has 24 heavy (non-hydrogen) atoms. The van der Waals surface area contributed by atoms with Crippen molar-refractivity contribution in [2.75, 3.05) is 5.32 Å². The zero-order valence-corrected chi connectivity index (χ0v) is 12.9. The Morgan fingerprint density at radius 2 is 1.83 bits per heavy atom. The number of aromatic nitrogens is 4. The van der Waals surface area contributed by atoms with Gasteiger partial charge in [-0.05, 0) is 53.7 Å². The first-order valence-corrected chi connectivity index (χ1v) is 7.26. The third kappa shape index (κ3) is 3.72. The van der Waals surface area contributed by atoms with Crippen LogP contribution in [0.25, 0.3) is 5.69 Å². The van der Waals surface area contributed by atoms with Crippen LogP contribution >= 0.6 is 0 Å². The SMILES string of the molecule is Cc1ccc(NC(=O)NCc2nnnn2-c2ccc(F)cc2)cc1. The zero-order chi connectivity index (χ0) is 16.9. The van der Waals surface area contributed by atoms with Gasteiger partial charge in [0, 0.05) is 5.69 Å². The predicted molar refractivity (Wildman–Crippen MR) is 86.1 cm³/mol. The van der Waals surface area contributed by atoms with Crippen molar-refractivity contribution in [3.8, 4) is 5.69 Å². The zero-order valence-electron chi connectivity index (χ0n) is 12.9. The minimum Gasteiger partial charge on any atom is -0.330 e. The quantitative estimate of drug-likeness (QED) is 0.771. The number of anilines is 1. The number of urea groups is 1.